The molecule has 1 N–H and O–H groups in total. The average molecular weight is 335 g/mol. The summed E-state index contributed by atoms with van der Waals surface area (Å²) in [5.41, 5.74) is 3.26. The monoisotopic (exact) mass is 335 g/mol. The van der Waals surface area contributed by atoms with Crippen molar-refractivity contribution in [2.75, 3.05) is 18.5 Å². The zero-order valence-electron chi connectivity index (χ0n) is 13.2. The second kappa shape index (κ2) is 5.74. The van der Waals surface area contributed by atoms with Crippen molar-refractivity contribution in [1.82, 2.24) is 5.32 Å². The van der Waals surface area contributed by atoms with Gasteiger partial charge >= 0.3 is 0 Å². The molecule has 1 atom stereocenters. The van der Waals surface area contributed by atoms with E-state index in [0.29, 0.717) is 15.9 Å². The highest BCUT2D eigenvalue weighted by atomic mass is 32.2. The van der Waals surface area contributed by atoms with E-state index < -0.39 is 16.3 Å². The summed E-state index contributed by atoms with van der Waals surface area (Å²) in [5.74, 6) is 0.470. The van der Waals surface area contributed by atoms with Gasteiger partial charge in [0.05, 0.1) is 16.6 Å². The van der Waals surface area contributed by atoms with Gasteiger partial charge in [-0.05, 0) is 37.8 Å². The van der Waals surface area contributed by atoms with E-state index in [1.807, 2.05) is 13.8 Å². The molecule has 1 unspecified atom stereocenters. The van der Waals surface area contributed by atoms with Gasteiger partial charge in [-0.25, -0.2) is 4.99 Å². The van der Waals surface area contributed by atoms with Crippen LogP contribution in [0.5, 0.6) is 0 Å². The third-order valence-electron chi connectivity index (χ3n) is 4.18. The van der Waals surface area contributed by atoms with Crippen molar-refractivity contribution in [1.29, 1.82) is 0 Å². The predicted octanol–water partition coefficient (Wildman–Crippen LogP) is 2.38. The Labute approximate surface area is 139 Å². The molecule has 0 bridgehead atoms. The molecule has 118 valence electrons. The van der Waals surface area contributed by atoms with Gasteiger partial charge in [0.1, 0.15) is 10.5 Å². The molecule has 0 aliphatic carbocycles. The van der Waals surface area contributed by atoms with Crippen molar-refractivity contribution in [2.24, 2.45) is 4.99 Å². The number of hydrogen-bond donors (Lipinski definition) is 1. The fourth-order valence-electron chi connectivity index (χ4n) is 2.97. The third-order valence-corrected chi connectivity index (χ3v) is 5.98. The van der Waals surface area contributed by atoms with Gasteiger partial charge in [-0.2, -0.15) is 0 Å². The molecule has 2 heterocycles. The molecule has 22 heavy (non-hydrogen) atoms. The Bertz CT molecular complexity index is 682. The van der Waals surface area contributed by atoms with Crippen LogP contribution in [0.25, 0.3) is 0 Å². The topological polar surface area (TPSA) is 44.7 Å². The van der Waals surface area contributed by atoms with Crippen molar-refractivity contribution in [2.45, 2.75) is 38.0 Å². The number of hydrogen-bond acceptors (Lipinski definition) is 4. The van der Waals surface area contributed by atoms with Crippen molar-refractivity contribution >= 4 is 38.9 Å². The third kappa shape index (κ3) is 2.82. The van der Waals surface area contributed by atoms with Crippen molar-refractivity contribution in [3.05, 3.63) is 29.3 Å². The lowest BCUT2D eigenvalue weighted by Crippen LogP contribution is -2.34. The molecule has 1 aromatic rings. The van der Waals surface area contributed by atoms with E-state index in [-0.39, 0.29) is 0 Å². The van der Waals surface area contributed by atoms with E-state index >= 15 is 0 Å². The van der Waals surface area contributed by atoms with Crippen molar-refractivity contribution in [3.8, 4) is 0 Å². The average Bonchev–Trinajstić information content (AvgIpc) is 2.73. The number of thiocarbonyl (C=S) groups is 1. The van der Waals surface area contributed by atoms with Crippen molar-refractivity contribution in [3.63, 3.8) is 0 Å². The number of anilines is 1. The highest BCUT2D eigenvalue weighted by molar-refractivity contribution is 8.00. The van der Waals surface area contributed by atoms with E-state index in [1.165, 1.54) is 17.7 Å². The number of amidine groups is 1. The molecule has 3 rings (SSSR count). The van der Waals surface area contributed by atoms with E-state index in [1.54, 1.807) is 0 Å². The van der Waals surface area contributed by atoms with E-state index in [0.717, 1.165) is 18.5 Å². The highest BCUT2D eigenvalue weighted by Crippen LogP contribution is 2.31. The lowest BCUT2D eigenvalue weighted by atomic mass is 9.99. The number of aliphatic imine (C=N–C) groups is 1. The summed E-state index contributed by atoms with van der Waals surface area (Å²) in [6, 6.07) is 6.29. The van der Waals surface area contributed by atoms with Gasteiger partial charge in [0.25, 0.3) is 0 Å². The fraction of sp³-hybridized carbons (Fsp3) is 0.500. The first-order valence-electron chi connectivity index (χ1n) is 7.50. The summed E-state index contributed by atoms with van der Waals surface area (Å²) in [6.07, 6.45) is 2.27. The van der Waals surface area contributed by atoms with Gasteiger partial charge in [0, 0.05) is 19.3 Å². The van der Waals surface area contributed by atoms with Gasteiger partial charge in [0.15, 0.2) is 5.17 Å². The molecule has 0 amide bonds. The largest absolute Gasteiger partial charge is 0.374 e. The molecular formula is C16H21N3OS2. The smallest absolute Gasteiger partial charge is 0.193 e. The second-order valence-electron chi connectivity index (χ2n) is 6.37. The molecular weight excluding hydrogens is 314 g/mol. The maximum Gasteiger partial charge on any atom is 0.193 e. The number of fused-ring (bicyclic) bond motifs is 1. The molecule has 0 fully saturated rings. The molecule has 0 radical (unpaired) electrons. The Hall–Kier alpha value is -1.27. The SMILES string of the molecule is CN1CCCc2cccc(CS(=O)C3=NC(C)(C)C(=S)N3)c21. The first kappa shape index (κ1) is 15.6. The number of benzene rings is 1. The molecule has 0 spiro atoms. The van der Waals surface area contributed by atoms with Crippen LogP contribution in [0.15, 0.2) is 23.2 Å². The molecule has 1 aromatic carbocycles. The molecule has 2 aliphatic heterocycles. The number of para-hydroxylation sites is 1. The maximum absolute atomic E-state index is 12.7. The van der Waals surface area contributed by atoms with Crippen molar-refractivity contribution < 1.29 is 4.21 Å². The van der Waals surface area contributed by atoms with Gasteiger partial charge in [-0.3, -0.25) is 4.21 Å². The van der Waals surface area contributed by atoms with Gasteiger partial charge in [-0.1, -0.05) is 30.4 Å². The molecule has 4 nitrogen and oxygen atoms in total. The summed E-state index contributed by atoms with van der Waals surface area (Å²) in [6.45, 7) is 4.92. The van der Waals surface area contributed by atoms with E-state index in [2.05, 4.69) is 40.5 Å². The predicted molar refractivity (Wildman–Crippen MR) is 97.1 cm³/mol. The molecule has 0 saturated heterocycles. The van der Waals surface area contributed by atoms with Crippen LogP contribution in [0.3, 0.4) is 0 Å². The van der Waals surface area contributed by atoms with Crippen LogP contribution in [0.2, 0.25) is 0 Å². The Morgan fingerprint density at radius 1 is 1.45 bits per heavy atom. The summed E-state index contributed by atoms with van der Waals surface area (Å²) < 4.78 is 12.7. The van der Waals surface area contributed by atoms with E-state index in [9.17, 15) is 4.21 Å². The van der Waals surface area contributed by atoms with Crippen LogP contribution >= 0.6 is 12.2 Å². The number of rotatable bonds is 2. The Kier molecular flexibility index (Phi) is 4.07. The molecule has 0 saturated carbocycles. The normalized spacial score (nSPS) is 21.1. The molecule has 0 aromatic heterocycles. The lowest BCUT2D eigenvalue weighted by molar-refractivity contribution is 0.687. The lowest BCUT2D eigenvalue weighted by Gasteiger charge is -2.29. The minimum absolute atomic E-state index is 0.451. The van der Waals surface area contributed by atoms with Crippen LogP contribution in [0, 0.1) is 0 Å². The summed E-state index contributed by atoms with van der Waals surface area (Å²) in [4.78, 5) is 7.39. The van der Waals surface area contributed by atoms with Gasteiger partial charge in [0.2, 0.25) is 0 Å². The number of aryl methyl sites for hydroxylation is 1. The Balaban J connectivity index is 1.86. The molecule has 6 heteroatoms. The minimum Gasteiger partial charge on any atom is -0.374 e. The van der Waals surface area contributed by atoms with Crippen LogP contribution in [-0.4, -0.2) is 33.5 Å². The van der Waals surface area contributed by atoms with Crippen LogP contribution < -0.4 is 10.2 Å². The zero-order valence-corrected chi connectivity index (χ0v) is 14.8. The summed E-state index contributed by atoms with van der Waals surface area (Å²) in [7, 11) is 0.903. The Morgan fingerprint density at radius 3 is 2.91 bits per heavy atom. The summed E-state index contributed by atoms with van der Waals surface area (Å²) >= 11 is 5.26. The van der Waals surface area contributed by atoms with Crippen LogP contribution in [0.4, 0.5) is 5.69 Å². The minimum atomic E-state index is -1.20. The summed E-state index contributed by atoms with van der Waals surface area (Å²) in [5, 5.41) is 3.53. The van der Waals surface area contributed by atoms with E-state index in [4.69, 9.17) is 12.2 Å². The second-order valence-corrected chi connectivity index (χ2v) is 8.14. The maximum atomic E-state index is 12.7. The van der Waals surface area contributed by atoms with Crippen LogP contribution in [0.1, 0.15) is 31.4 Å². The van der Waals surface area contributed by atoms with Crippen LogP contribution in [-0.2, 0) is 23.0 Å². The molecule has 2 aliphatic rings. The van der Waals surface area contributed by atoms with Gasteiger partial charge in [-0.15, -0.1) is 0 Å². The number of nitrogens with one attached hydrogen (secondary N) is 1. The zero-order chi connectivity index (χ0) is 15.9. The Morgan fingerprint density at radius 2 is 2.23 bits per heavy atom. The quantitative estimate of drug-likeness (QED) is 0.843. The first-order chi connectivity index (χ1) is 10.4. The number of nitrogens with zero attached hydrogens (tertiary/aromatic N) is 2. The standard InChI is InChI=1S/C16H21N3OS2/c1-16(2)14(21)17-15(18-16)22(20)10-12-7-4-6-11-8-5-9-19(3)13(11)12/h4,6-7H,5,8-10H2,1-3H3,(H,17,18,21). The fourth-order valence-corrected chi connectivity index (χ4v) is 4.38. The first-order valence-corrected chi connectivity index (χ1v) is 9.23. The van der Waals surface area contributed by atoms with Gasteiger partial charge < -0.3 is 10.2 Å². The highest BCUT2D eigenvalue weighted by Gasteiger charge is 2.33.